The van der Waals surface area contributed by atoms with Crippen molar-refractivity contribution in [3.05, 3.63) is 63.6 Å². The van der Waals surface area contributed by atoms with Crippen molar-refractivity contribution >= 4 is 23.4 Å². The van der Waals surface area contributed by atoms with E-state index in [1.807, 2.05) is 18.2 Å². The summed E-state index contributed by atoms with van der Waals surface area (Å²) in [6.45, 7) is 8.05. The Morgan fingerprint density at radius 2 is 2.06 bits per heavy atom. The van der Waals surface area contributed by atoms with Gasteiger partial charge in [0, 0.05) is 29.4 Å². The van der Waals surface area contributed by atoms with Gasteiger partial charge in [-0.25, -0.2) is 4.98 Å². The average molecular weight is 438 g/mol. The van der Waals surface area contributed by atoms with Crippen molar-refractivity contribution in [2.24, 2.45) is 5.41 Å². The summed E-state index contributed by atoms with van der Waals surface area (Å²) in [5, 5.41) is 3.85. The molecule has 1 aromatic carbocycles. The monoisotopic (exact) mass is 437 g/mol. The molecule has 2 N–H and O–H groups in total. The molecule has 0 unspecified atom stereocenters. The quantitative estimate of drug-likeness (QED) is 0.425. The minimum atomic E-state index is -0.515. The molecule has 0 saturated carbocycles. The number of hydrogen-bond donors (Lipinski definition) is 2. The van der Waals surface area contributed by atoms with Crippen LogP contribution in [0.5, 0.6) is 11.5 Å². The van der Waals surface area contributed by atoms with Crippen LogP contribution >= 0.6 is 11.8 Å². The summed E-state index contributed by atoms with van der Waals surface area (Å²) in [4.78, 5) is 34.0. The Bertz CT molecular complexity index is 1200. The third-order valence-corrected chi connectivity index (χ3v) is 6.64. The summed E-state index contributed by atoms with van der Waals surface area (Å²) in [5.74, 6) is 1.95. The molecule has 2 aliphatic heterocycles. The molecular weight excluding hydrogens is 414 g/mol. The van der Waals surface area contributed by atoms with Crippen molar-refractivity contribution < 1.29 is 14.3 Å². The van der Waals surface area contributed by atoms with E-state index >= 15 is 0 Å². The molecule has 1 aliphatic carbocycles. The Balaban J connectivity index is 1.70. The maximum Gasteiger partial charge on any atom is 0.257 e. The summed E-state index contributed by atoms with van der Waals surface area (Å²) in [6.07, 6.45) is 2.90. The highest BCUT2D eigenvalue weighted by Crippen LogP contribution is 2.49. The van der Waals surface area contributed by atoms with Crippen LogP contribution in [-0.2, 0) is 4.79 Å². The summed E-state index contributed by atoms with van der Waals surface area (Å²) < 4.78 is 11.0. The third kappa shape index (κ3) is 3.44. The van der Waals surface area contributed by atoms with Crippen LogP contribution in [0.15, 0.2) is 52.1 Å². The predicted molar refractivity (Wildman–Crippen MR) is 119 cm³/mol. The molecule has 8 heteroatoms. The van der Waals surface area contributed by atoms with Crippen molar-refractivity contribution in [2.45, 2.75) is 37.8 Å². The number of ketones is 1. The number of hydrogen-bond acceptors (Lipinski definition) is 7. The molecule has 1 atom stereocenters. The number of ether oxygens (including phenoxy) is 2. The van der Waals surface area contributed by atoms with Crippen LogP contribution < -0.4 is 20.3 Å². The van der Waals surface area contributed by atoms with E-state index < -0.39 is 5.92 Å². The number of Topliss-reactive ketones (excluding diaryl/α,β-unsaturated/α-hetero) is 1. The van der Waals surface area contributed by atoms with Gasteiger partial charge in [-0.2, -0.15) is 0 Å². The molecule has 160 valence electrons. The van der Waals surface area contributed by atoms with Crippen LogP contribution in [0.2, 0.25) is 0 Å². The van der Waals surface area contributed by atoms with Crippen LogP contribution in [0.25, 0.3) is 0 Å². The van der Waals surface area contributed by atoms with Gasteiger partial charge in [0.05, 0.1) is 5.56 Å². The number of rotatable bonds is 4. The third-order valence-electron chi connectivity index (χ3n) is 5.77. The van der Waals surface area contributed by atoms with Crippen molar-refractivity contribution in [2.75, 3.05) is 17.9 Å². The lowest BCUT2D eigenvalue weighted by Crippen LogP contribution is -2.37. The molecular formula is C23H23N3O4S. The van der Waals surface area contributed by atoms with E-state index in [0.717, 1.165) is 11.3 Å². The van der Waals surface area contributed by atoms with Gasteiger partial charge in [0.25, 0.3) is 5.56 Å². The zero-order valence-electron chi connectivity index (χ0n) is 17.4. The Morgan fingerprint density at radius 1 is 1.26 bits per heavy atom. The molecule has 0 amide bonds. The fourth-order valence-corrected chi connectivity index (χ4v) is 5.12. The van der Waals surface area contributed by atoms with Crippen molar-refractivity contribution in [1.82, 2.24) is 9.97 Å². The molecule has 1 aromatic heterocycles. The maximum absolute atomic E-state index is 13.3. The highest BCUT2D eigenvalue weighted by atomic mass is 32.2. The molecule has 0 spiro atoms. The van der Waals surface area contributed by atoms with Crippen molar-refractivity contribution in [3.63, 3.8) is 0 Å². The Labute approximate surface area is 183 Å². The molecule has 7 nitrogen and oxygen atoms in total. The molecule has 3 aliphatic rings. The number of carbonyl (C=O) groups excluding carboxylic acids is 1. The fourth-order valence-electron chi connectivity index (χ4n) is 4.53. The van der Waals surface area contributed by atoms with E-state index in [9.17, 15) is 9.59 Å². The fraction of sp³-hybridized carbons (Fsp3) is 0.348. The summed E-state index contributed by atoms with van der Waals surface area (Å²) in [5.41, 5.74) is 2.33. The van der Waals surface area contributed by atoms with E-state index in [1.165, 1.54) is 11.8 Å². The normalized spacial score (nSPS) is 20.7. The van der Waals surface area contributed by atoms with E-state index in [1.54, 1.807) is 6.08 Å². The number of carbonyl (C=O) groups is 1. The zero-order chi connectivity index (χ0) is 21.8. The minimum Gasteiger partial charge on any atom is -0.454 e. The first-order valence-corrected chi connectivity index (χ1v) is 11.2. The molecule has 3 heterocycles. The lowest BCUT2D eigenvalue weighted by atomic mass is 9.69. The smallest absolute Gasteiger partial charge is 0.257 e. The van der Waals surface area contributed by atoms with Crippen LogP contribution in [0.3, 0.4) is 0 Å². The second-order valence-electron chi connectivity index (χ2n) is 8.74. The number of allylic oxidation sites excluding steroid dienone is 2. The largest absolute Gasteiger partial charge is 0.454 e. The van der Waals surface area contributed by atoms with Crippen LogP contribution in [-0.4, -0.2) is 28.3 Å². The number of benzene rings is 1. The van der Waals surface area contributed by atoms with E-state index in [4.69, 9.17) is 9.47 Å². The van der Waals surface area contributed by atoms with Gasteiger partial charge in [-0.1, -0.05) is 37.8 Å². The van der Waals surface area contributed by atoms with Gasteiger partial charge in [0.15, 0.2) is 22.4 Å². The topological polar surface area (TPSA) is 93.3 Å². The highest BCUT2D eigenvalue weighted by molar-refractivity contribution is 7.99. The molecule has 31 heavy (non-hydrogen) atoms. The Morgan fingerprint density at radius 3 is 2.87 bits per heavy atom. The number of nitrogens with one attached hydrogen (secondary N) is 2. The first-order chi connectivity index (χ1) is 14.9. The van der Waals surface area contributed by atoms with Crippen molar-refractivity contribution in [3.8, 4) is 11.5 Å². The summed E-state index contributed by atoms with van der Waals surface area (Å²) in [7, 11) is 0. The number of thioether (sulfide) groups is 1. The SMILES string of the molecule is C=CCSc1nc2c(c(=O)[nH]1)[C@H](c1ccc3c(c1)OCO3)C1=C(CC(C)(C)CC1=O)N2. The first-order valence-electron chi connectivity index (χ1n) is 10.2. The van der Waals surface area contributed by atoms with Gasteiger partial charge in [0.1, 0.15) is 5.82 Å². The second-order valence-corrected chi connectivity index (χ2v) is 9.75. The summed E-state index contributed by atoms with van der Waals surface area (Å²) in [6, 6.07) is 5.58. The molecule has 0 bridgehead atoms. The van der Waals surface area contributed by atoms with Gasteiger partial charge in [0.2, 0.25) is 6.79 Å². The minimum absolute atomic E-state index is 0.0524. The maximum atomic E-state index is 13.3. The van der Waals surface area contributed by atoms with E-state index in [0.29, 0.717) is 52.2 Å². The predicted octanol–water partition coefficient (Wildman–Crippen LogP) is 3.98. The zero-order valence-corrected chi connectivity index (χ0v) is 18.2. The lowest BCUT2D eigenvalue weighted by molar-refractivity contribution is -0.118. The van der Waals surface area contributed by atoms with E-state index in [-0.39, 0.29) is 23.6 Å². The second kappa shape index (κ2) is 7.30. The number of fused-ring (bicyclic) bond motifs is 2. The molecule has 2 aromatic rings. The average Bonchev–Trinajstić information content (AvgIpc) is 3.17. The molecule has 0 fully saturated rings. The number of nitrogens with zero attached hydrogens (tertiary/aromatic N) is 1. The van der Waals surface area contributed by atoms with Gasteiger partial charge < -0.3 is 19.8 Å². The lowest BCUT2D eigenvalue weighted by Gasteiger charge is -2.38. The number of anilines is 1. The molecule has 0 radical (unpaired) electrons. The van der Waals surface area contributed by atoms with Gasteiger partial charge in [-0.05, 0) is 29.5 Å². The molecule has 0 saturated heterocycles. The standard InChI is InChI=1S/C23H23N3O4S/c1-4-7-31-22-25-20-19(21(28)26-22)17(12-5-6-15-16(8-12)30-11-29-15)18-13(24-20)9-23(2,3)10-14(18)27/h4-6,8,17H,1,7,9-11H2,2-3H3,(H2,24,25,26,28)/t17-/m1/s1. The van der Waals surface area contributed by atoms with Crippen molar-refractivity contribution in [1.29, 1.82) is 0 Å². The Hall–Kier alpha value is -3.00. The van der Waals surface area contributed by atoms with E-state index in [2.05, 4.69) is 35.7 Å². The van der Waals surface area contributed by atoms with Crippen LogP contribution in [0, 0.1) is 5.41 Å². The van der Waals surface area contributed by atoms with Gasteiger partial charge in [-0.15, -0.1) is 6.58 Å². The molecule has 5 rings (SSSR count). The first kappa shape index (κ1) is 19.9. The summed E-state index contributed by atoms with van der Waals surface area (Å²) >= 11 is 1.41. The van der Waals surface area contributed by atoms with Crippen LogP contribution in [0.1, 0.15) is 43.7 Å². The number of aromatic amines is 1. The van der Waals surface area contributed by atoms with Gasteiger partial charge >= 0.3 is 0 Å². The van der Waals surface area contributed by atoms with Gasteiger partial charge in [-0.3, -0.25) is 9.59 Å². The number of H-pyrrole nitrogens is 1. The highest BCUT2D eigenvalue weighted by Gasteiger charge is 2.42. The number of aromatic nitrogens is 2. The van der Waals surface area contributed by atoms with Crippen LogP contribution in [0.4, 0.5) is 5.82 Å². The Kier molecular flexibility index (Phi) is 4.69.